The summed E-state index contributed by atoms with van der Waals surface area (Å²) in [4.78, 5) is 11.4. The van der Waals surface area contributed by atoms with Crippen LogP contribution in [0.5, 0.6) is 0 Å². The van der Waals surface area contributed by atoms with Crippen LogP contribution < -0.4 is 0 Å². The Morgan fingerprint density at radius 3 is 2.35 bits per heavy atom. The second kappa shape index (κ2) is 4.63. The van der Waals surface area contributed by atoms with E-state index in [2.05, 4.69) is 0 Å². The molecule has 2 rings (SSSR count). The minimum atomic E-state index is -1.03. The summed E-state index contributed by atoms with van der Waals surface area (Å²) in [6, 6.07) is 6.67. The van der Waals surface area contributed by atoms with Crippen molar-refractivity contribution >= 4 is 17.3 Å². The van der Waals surface area contributed by atoms with Crippen molar-refractivity contribution in [2.24, 2.45) is 0 Å². The van der Waals surface area contributed by atoms with E-state index in [-0.39, 0.29) is 16.9 Å². The van der Waals surface area contributed by atoms with Crippen LogP contribution in [0.1, 0.15) is 20.1 Å². The zero-order valence-electron chi connectivity index (χ0n) is 8.61. The Bertz CT molecular complexity index is 543. The summed E-state index contributed by atoms with van der Waals surface area (Å²) in [5.74, 6) is -2.26. The van der Waals surface area contributed by atoms with E-state index in [0.717, 1.165) is 11.3 Å². The van der Waals surface area contributed by atoms with Gasteiger partial charge in [-0.15, -0.1) is 11.3 Å². The second-order valence-electron chi connectivity index (χ2n) is 3.45. The first kappa shape index (κ1) is 11.7. The molecule has 0 aliphatic rings. The molecule has 5 heteroatoms. The van der Waals surface area contributed by atoms with Crippen LogP contribution in [0.3, 0.4) is 0 Å². The SMILES string of the molecule is O=C(O)c1ccc(Cc2c(F)cccc2F)s1. The molecule has 1 aromatic carbocycles. The van der Waals surface area contributed by atoms with Crippen molar-refractivity contribution in [2.75, 3.05) is 0 Å². The maximum Gasteiger partial charge on any atom is 0.345 e. The van der Waals surface area contributed by atoms with Gasteiger partial charge in [0.25, 0.3) is 0 Å². The van der Waals surface area contributed by atoms with Crippen LogP contribution in [-0.2, 0) is 6.42 Å². The van der Waals surface area contributed by atoms with Gasteiger partial charge in [-0.2, -0.15) is 0 Å². The van der Waals surface area contributed by atoms with Crippen LogP contribution in [0, 0.1) is 11.6 Å². The van der Waals surface area contributed by atoms with Gasteiger partial charge in [-0.3, -0.25) is 0 Å². The molecule has 0 unspecified atom stereocenters. The van der Waals surface area contributed by atoms with Gasteiger partial charge in [0, 0.05) is 16.9 Å². The highest BCUT2D eigenvalue weighted by molar-refractivity contribution is 7.13. The van der Waals surface area contributed by atoms with Gasteiger partial charge in [-0.1, -0.05) is 6.07 Å². The number of thiophene rings is 1. The predicted octanol–water partition coefficient (Wildman–Crippen LogP) is 3.32. The average molecular weight is 254 g/mol. The molecule has 2 aromatic rings. The standard InChI is InChI=1S/C12H8F2O2S/c13-9-2-1-3-10(14)8(9)6-7-4-5-11(17-7)12(15)16/h1-5H,6H2,(H,15,16). The van der Waals surface area contributed by atoms with Gasteiger partial charge in [-0.05, 0) is 24.3 Å². The number of aromatic carboxylic acids is 1. The van der Waals surface area contributed by atoms with E-state index in [1.165, 1.54) is 24.3 Å². The summed E-state index contributed by atoms with van der Waals surface area (Å²) in [5.41, 5.74) is -0.0358. The molecule has 2 nitrogen and oxygen atoms in total. The van der Waals surface area contributed by atoms with Gasteiger partial charge >= 0.3 is 5.97 Å². The van der Waals surface area contributed by atoms with Crippen molar-refractivity contribution in [1.29, 1.82) is 0 Å². The molecule has 88 valence electrons. The zero-order chi connectivity index (χ0) is 12.4. The Morgan fingerprint density at radius 1 is 1.18 bits per heavy atom. The van der Waals surface area contributed by atoms with E-state index in [4.69, 9.17) is 5.11 Å². The van der Waals surface area contributed by atoms with Gasteiger partial charge in [0.05, 0.1) is 0 Å². The van der Waals surface area contributed by atoms with Crippen molar-refractivity contribution in [3.8, 4) is 0 Å². The number of halogens is 2. The molecule has 0 aliphatic carbocycles. The first-order valence-corrected chi connectivity index (χ1v) is 5.64. The molecule has 0 saturated heterocycles. The van der Waals surface area contributed by atoms with Gasteiger partial charge in [0.1, 0.15) is 16.5 Å². The third-order valence-corrected chi connectivity index (χ3v) is 3.36. The molecular formula is C12H8F2O2S. The van der Waals surface area contributed by atoms with Crippen molar-refractivity contribution < 1.29 is 18.7 Å². The van der Waals surface area contributed by atoms with E-state index in [9.17, 15) is 13.6 Å². The minimum absolute atomic E-state index is 0.0358. The first-order valence-electron chi connectivity index (χ1n) is 4.83. The van der Waals surface area contributed by atoms with Gasteiger partial charge in [-0.25, -0.2) is 13.6 Å². The number of carbonyl (C=O) groups is 1. The van der Waals surface area contributed by atoms with Crippen molar-refractivity contribution in [1.82, 2.24) is 0 Å². The largest absolute Gasteiger partial charge is 0.477 e. The lowest BCUT2D eigenvalue weighted by Gasteiger charge is -2.02. The highest BCUT2D eigenvalue weighted by Crippen LogP contribution is 2.22. The Kier molecular flexibility index (Phi) is 3.19. The number of hydrogen-bond acceptors (Lipinski definition) is 2. The van der Waals surface area contributed by atoms with E-state index in [1.54, 1.807) is 6.07 Å². The lowest BCUT2D eigenvalue weighted by molar-refractivity contribution is 0.0702. The van der Waals surface area contributed by atoms with Gasteiger partial charge < -0.3 is 5.11 Å². The zero-order valence-corrected chi connectivity index (χ0v) is 9.43. The molecule has 17 heavy (non-hydrogen) atoms. The van der Waals surface area contributed by atoms with E-state index in [1.807, 2.05) is 0 Å². The fourth-order valence-electron chi connectivity index (χ4n) is 1.46. The van der Waals surface area contributed by atoms with E-state index in [0.29, 0.717) is 4.88 Å². The highest BCUT2D eigenvalue weighted by atomic mass is 32.1. The van der Waals surface area contributed by atoms with Crippen LogP contribution >= 0.6 is 11.3 Å². The number of hydrogen-bond donors (Lipinski definition) is 1. The van der Waals surface area contributed by atoms with Crippen LogP contribution in [0.4, 0.5) is 8.78 Å². The van der Waals surface area contributed by atoms with Crippen LogP contribution in [0.15, 0.2) is 30.3 Å². The molecule has 0 amide bonds. The average Bonchev–Trinajstić information content (AvgIpc) is 2.72. The monoisotopic (exact) mass is 254 g/mol. The molecule has 0 bridgehead atoms. The summed E-state index contributed by atoms with van der Waals surface area (Å²) in [5, 5.41) is 8.74. The Labute approximate surface area is 100 Å². The number of carboxylic acids is 1. The lowest BCUT2D eigenvalue weighted by atomic mass is 10.1. The second-order valence-corrected chi connectivity index (χ2v) is 4.62. The van der Waals surface area contributed by atoms with Crippen LogP contribution in [0.25, 0.3) is 0 Å². The Morgan fingerprint density at radius 2 is 1.82 bits per heavy atom. The fraction of sp³-hybridized carbons (Fsp3) is 0.0833. The third-order valence-electron chi connectivity index (χ3n) is 2.29. The smallest absolute Gasteiger partial charge is 0.345 e. The maximum absolute atomic E-state index is 13.3. The molecule has 0 spiro atoms. The van der Waals surface area contributed by atoms with Crippen molar-refractivity contribution in [2.45, 2.75) is 6.42 Å². The molecule has 0 fully saturated rings. The molecular weight excluding hydrogens is 246 g/mol. The fourth-order valence-corrected chi connectivity index (χ4v) is 2.32. The third kappa shape index (κ3) is 2.50. The number of carboxylic acid groups (broad SMARTS) is 1. The molecule has 1 aromatic heterocycles. The summed E-state index contributed by atoms with van der Waals surface area (Å²) in [7, 11) is 0. The molecule has 0 radical (unpaired) electrons. The Balaban J connectivity index is 2.28. The summed E-state index contributed by atoms with van der Waals surface area (Å²) in [6.45, 7) is 0. The van der Waals surface area contributed by atoms with E-state index >= 15 is 0 Å². The maximum atomic E-state index is 13.3. The molecule has 0 aliphatic heterocycles. The highest BCUT2D eigenvalue weighted by Gasteiger charge is 2.12. The quantitative estimate of drug-likeness (QED) is 0.912. The summed E-state index contributed by atoms with van der Waals surface area (Å²) < 4.78 is 26.7. The predicted molar refractivity (Wildman–Crippen MR) is 60.4 cm³/mol. The minimum Gasteiger partial charge on any atom is -0.477 e. The van der Waals surface area contributed by atoms with Crippen LogP contribution in [-0.4, -0.2) is 11.1 Å². The van der Waals surface area contributed by atoms with E-state index < -0.39 is 17.6 Å². The van der Waals surface area contributed by atoms with Crippen LogP contribution in [0.2, 0.25) is 0 Å². The normalized spacial score (nSPS) is 10.5. The molecule has 0 atom stereocenters. The lowest BCUT2D eigenvalue weighted by Crippen LogP contribution is -1.95. The first-order chi connectivity index (χ1) is 8.08. The molecule has 0 saturated carbocycles. The molecule has 1 heterocycles. The molecule has 1 N–H and O–H groups in total. The van der Waals surface area contributed by atoms with Crippen molar-refractivity contribution in [3.63, 3.8) is 0 Å². The topological polar surface area (TPSA) is 37.3 Å². The number of rotatable bonds is 3. The summed E-state index contributed by atoms with van der Waals surface area (Å²) >= 11 is 1.02. The van der Waals surface area contributed by atoms with Gasteiger partial charge in [0.2, 0.25) is 0 Å². The summed E-state index contributed by atoms with van der Waals surface area (Å²) in [6.07, 6.45) is 0.0659. The van der Waals surface area contributed by atoms with Crippen molar-refractivity contribution in [3.05, 3.63) is 57.3 Å². The number of benzene rings is 1. The Hall–Kier alpha value is -1.75. The van der Waals surface area contributed by atoms with Gasteiger partial charge in [0.15, 0.2) is 0 Å².